The molecule has 0 saturated carbocycles. The van der Waals surface area contributed by atoms with Crippen LogP contribution in [0.4, 0.5) is 0 Å². The molecule has 0 aliphatic rings. The highest BCUT2D eigenvalue weighted by Gasteiger charge is 2.20. The summed E-state index contributed by atoms with van der Waals surface area (Å²) in [6.07, 6.45) is 0. The Hall–Kier alpha value is -1.14. The average Bonchev–Trinajstić information content (AvgIpc) is 2.13. The van der Waals surface area contributed by atoms with Crippen molar-refractivity contribution >= 4 is 11.8 Å². The van der Waals surface area contributed by atoms with E-state index in [2.05, 4.69) is 0 Å². The molecule has 0 aromatic carbocycles. The van der Waals surface area contributed by atoms with Crippen LogP contribution in [0.3, 0.4) is 0 Å². The van der Waals surface area contributed by atoms with Gasteiger partial charge in [-0.05, 0) is 6.92 Å². The Kier molecular flexibility index (Phi) is 5.82. The molecular weight excluding hydrogens is 186 g/mol. The van der Waals surface area contributed by atoms with Gasteiger partial charge in [-0.1, -0.05) is 0 Å². The monoisotopic (exact) mass is 203 g/mol. The fourth-order valence-corrected chi connectivity index (χ4v) is 1.02. The first-order valence-electron chi connectivity index (χ1n) is 4.34. The molecule has 6 heteroatoms. The van der Waals surface area contributed by atoms with Crippen LogP contribution in [0.25, 0.3) is 0 Å². The minimum atomic E-state index is -0.737. The normalized spacial score (nSPS) is 12.2. The lowest BCUT2D eigenvalue weighted by Crippen LogP contribution is -2.48. The van der Waals surface area contributed by atoms with E-state index >= 15 is 0 Å². The second-order valence-electron chi connectivity index (χ2n) is 2.88. The number of amides is 2. The smallest absolute Gasteiger partial charge is 0.242 e. The number of hydrogen-bond acceptors (Lipinski definition) is 4. The van der Waals surface area contributed by atoms with E-state index < -0.39 is 11.9 Å². The zero-order valence-corrected chi connectivity index (χ0v) is 8.53. The molecule has 1 unspecified atom stereocenters. The minimum Gasteiger partial charge on any atom is -0.383 e. The molecule has 0 aliphatic heterocycles. The van der Waals surface area contributed by atoms with Gasteiger partial charge in [0, 0.05) is 13.7 Å². The van der Waals surface area contributed by atoms with Crippen LogP contribution < -0.4 is 11.5 Å². The fraction of sp³-hybridized carbons (Fsp3) is 0.750. The van der Waals surface area contributed by atoms with E-state index in [1.54, 1.807) is 6.92 Å². The molecule has 0 saturated heterocycles. The van der Waals surface area contributed by atoms with E-state index in [0.717, 1.165) is 0 Å². The Labute approximate surface area is 83.2 Å². The maximum Gasteiger partial charge on any atom is 0.242 e. The van der Waals surface area contributed by atoms with Crippen molar-refractivity contribution < 1.29 is 14.3 Å². The molecule has 82 valence electrons. The third kappa shape index (κ3) is 4.20. The summed E-state index contributed by atoms with van der Waals surface area (Å²) in [6, 6.07) is -0.737. The van der Waals surface area contributed by atoms with Crippen molar-refractivity contribution in [3.63, 3.8) is 0 Å². The quantitative estimate of drug-likeness (QED) is 0.537. The Morgan fingerprint density at radius 3 is 2.43 bits per heavy atom. The molecule has 2 amide bonds. The van der Waals surface area contributed by atoms with Crippen LogP contribution in [0.2, 0.25) is 0 Å². The highest BCUT2D eigenvalue weighted by Crippen LogP contribution is 1.93. The molecule has 0 heterocycles. The van der Waals surface area contributed by atoms with Gasteiger partial charge in [-0.25, -0.2) is 0 Å². The number of rotatable bonds is 6. The van der Waals surface area contributed by atoms with Crippen molar-refractivity contribution in [3.05, 3.63) is 0 Å². The van der Waals surface area contributed by atoms with Gasteiger partial charge < -0.3 is 21.1 Å². The van der Waals surface area contributed by atoms with E-state index in [4.69, 9.17) is 16.2 Å². The second kappa shape index (κ2) is 6.33. The summed E-state index contributed by atoms with van der Waals surface area (Å²) in [5.41, 5.74) is 10.5. The third-order valence-electron chi connectivity index (χ3n) is 1.70. The van der Waals surface area contributed by atoms with Crippen LogP contribution in [0.5, 0.6) is 0 Å². The lowest BCUT2D eigenvalue weighted by Gasteiger charge is -2.22. The van der Waals surface area contributed by atoms with Gasteiger partial charge in [0.1, 0.15) is 6.04 Å². The highest BCUT2D eigenvalue weighted by atomic mass is 16.5. The number of ether oxygens (including phenoxy) is 1. The molecule has 0 fully saturated rings. The van der Waals surface area contributed by atoms with Gasteiger partial charge in [-0.15, -0.1) is 0 Å². The van der Waals surface area contributed by atoms with Crippen molar-refractivity contribution in [2.45, 2.75) is 13.0 Å². The molecule has 0 aromatic rings. The van der Waals surface area contributed by atoms with Crippen LogP contribution in [0.1, 0.15) is 6.92 Å². The summed E-state index contributed by atoms with van der Waals surface area (Å²) < 4.78 is 4.74. The average molecular weight is 203 g/mol. The molecule has 14 heavy (non-hydrogen) atoms. The van der Waals surface area contributed by atoms with Gasteiger partial charge >= 0.3 is 0 Å². The summed E-state index contributed by atoms with van der Waals surface area (Å²) >= 11 is 0. The predicted molar refractivity (Wildman–Crippen MR) is 51.3 cm³/mol. The number of primary amides is 1. The number of nitrogens with two attached hydrogens (primary N) is 2. The highest BCUT2D eigenvalue weighted by molar-refractivity contribution is 5.86. The zero-order chi connectivity index (χ0) is 11.1. The van der Waals surface area contributed by atoms with Gasteiger partial charge in [-0.2, -0.15) is 0 Å². The summed E-state index contributed by atoms with van der Waals surface area (Å²) in [4.78, 5) is 23.4. The van der Waals surface area contributed by atoms with Gasteiger partial charge in [-0.3, -0.25) is 9.59 Å². The van der Waals surface area contributed by atoms with Crippen LogP contribution in [0, 0.1) is 0 Å². The number of likely N-dealkylation sites (N-methyl/N-ethyl adjacent to an activating group) is 1. The SMILES string of the molecule is CCN(CC(N)=O)C(=O)C(N)COC. The summed E-state index contributed by atoms with van der Waals surface area (Å²) in [6.45, 7) is 2.18. The molecule has 6 nitrogen and oxygen atoms in total. The second-order valence-corrected chi connectivity index (χ2v) is 2.88. The van der Waals surface area contributed by atoms with Crippen molar-refractivity contribution in [2.75, 3.05) is 26.8 Å². The Bertz CT molecular complexity index is 208. The molecule has 0 rings (SSSR count). The number of carbonyl (C=O) groups excluding carboxylic acids is 2. The summed E-state index contributed by atoms with van der Waals surface area (Å²) in [5, 5.41) is 0. The first-order valence-corrected chi connectivity index (χ1v) is 4.34. The summed E-state index contributed by atoms with van der Waals surface area (Å²) in [5.74, 6) is -0.877. The fourth-order valence-electron chi connectivity index (χ4n) is 1.02. The molecule has 1 atom stereocenters. The lowest BCUT2D eigenvalue weighted by atomic mass is 10.3. The molecule has 0 aliphatic carbocycles. The molecular formula is C8H17N3O3. The lowest BCUT2D eigenvalue weighted by molar-refractivity contribution is -0.137. The number of hydrogen-bond donors (Lipinski definition) is 2. The van der Waals surface area contributed by atoms with Gasteiger partial charge in [0.05, 0.1) is 13.2 Å². The van der Waals surface area contributed by atoms with Gasteiger partial charge in [0.15, 0.2) is 0 Å². The van der Waals surface area contributed by atoms with E-state index in [1.165, 1.54) is 12.0 Å². The van der Waals surface area contributed by atoms with Crippen molar-refractivity contribution in [3.8, 4) is 0 Å². The van der Waals surface area contributed by atoms with E-state index in [0.29, 0.717) is 6.54 Å². The van der Waals surface area contributed by atoms with Crippen molar-refractivity contribution in [1.82, 2.24) is 4.90 Å². The molecule has 0 bridgehead atoms. The first-order chi connectivity index (χ1) is 6.52. The Morgan fingerprint density at radius 2 is 2.07 bits per heavy atom. The Morgan fingerprint density at radius 1 is 1.50 bits per heavy atom. The van der Waals surface area contributed by atoms with E-state index in [1.807, 2.05) is 0 Å². The van der Waals surface area contributed by atoms with Crippen LogP contribution in [0.15, 0.2) is 0 Å². The van der Waals surface area contributed by atoms with Crippen LogP contribution in [-0.2, 0) is 14.3 Å². The zero-order valence-electron chi connectivity index (χ0n) is 8.53. The number of carbonyl (C=O) groups is 2. The van der Waals surface area contributed by atoms with Gasteiger partial charge in [0.2, 0.25) is 11.8 Å². The molecule has 4 N–H and O–H groups in total. The third-order valence-corrected chi connectivity index (χ3v) is 1.70. The largest absolute Gasteiger partial charge is 0.383 e. The Balaban J connectivity index is 4.22. The minimum absolute atomic E-state index is 0.104. The van der Waals surface area contributed by atoms with E-state index in [-0.39, 0.29) is 19.1 Å². The van der Waals surface area contributed by atoms with E-state index in [9.17, 15) is 9.59 Å². The first kappa shape index (κ1) is 12.9. The standard InChI is InChI=1S/C8H17N3O3/c1-3-11(4-7(10)12)8(13)6(9)5-14-2/h6H,3-5,9H2,1-2H3,(H2,10,12). The summed E-state index contributed by atoms with van der Waals surface area (Å²) in [7, 11) is 1.46. The molecule has 0 aromatic heterocycles. The number of methoxy groups -OCH3 is 1. The topological polar surface area (TPSA) is 98.7 Å². The van der Waals surface area contributed by atoms with Crippen molar-refractivity contribution in [2.24, 2.45) is 11.5 Å². The molecule has 0 spiro atoms. The van der Waals surface area contributed by atoms with Crippen LogP contribution in [-0.4, -0.2) is 49.6 Å². The molecule has 0 radical (unpaired) electrons. The van der Waals surface area contributed by atoms with Crippen LogP contribution >= 0.6 is 0 Å². The maximum atomic E-state index is 11.5. The van der Waals surface area contributed by atoms with Crippen molar-refractivity contribution in [1.29, 1.82) is 0 Å². The maximum absolute atomic E-state index is 11.5. The predicted octanol–water partition coefficient (Wildman–Crippen LogP) is -1.71. The van der Waals surface area contributed by atoms with Gasteiger partial charge in [0.25, 0.3) is 0 Å². The number of nitrogens with zero attached hydrogens (tertiary/aromatic N) is 1.